The molecule has 0 aliphatic carbocycles. The first-order chi connectivity index (χ1) is 10.9. The molecule has 23 heavy (non-hydrogen) atoms. The quantitative estimate of drug-likeness (QED) is 0.758. The van der Waals surface area contributed by atoms with E-state index in [1.54, 1.807) is 11.3 Å². The predicted octanol–water partition coefficient (Wildman–Crippen LogP) is 4.71. The van der Waals surface area contributed by atoms with E-state index in [-0.39, 0.29) is 5.91 Å². The Labute approximate surface area is 140 Å². The van der Waals surface area contributed by atoms with E-state index in [1.165, 1.54) is 11.1 Å². The maximum atomic E-state index is 12.3. The van der Waals surface area contributed by atoms with Gasteiger partial charge in [-0.2, -0.15) is 0 Å². The summed E-state index contributed by atoms with van der Waals surface area (Å²) in [4.78, 5) is 16.9. The maximum absolute atomic E-state index is 12.3. The molecule has 0 aliphatic rings. The lowest BCUT2D eigenvalue weighted by molar-refractivity contribution is -0.115. The Morgan fingerprint density at radius 2 is 1.74 bits per heavy atom. The molecule has 0 bridgehead atoms. The lowest BCUT2D eigenvalue weighted by Crippen LogP contribution is -2.14. The topological polar surface area (TPSA) is 42.0 Å². The molecule has 1 heterocycles. The van der Waals surface area contributed by atoms with E-state index in [0.717, 1.165) is 26.9 Å². The van der Waals surface area contributed by atoms with Crippen molar-refractivity contribution in [2.45, 2.75) is 34.1 Å². The second-order valence-corrected chi connectivity index (χ2v) is 7.05. The molecule has 0 fully saturated rings. The summed E-state index contributed by atoms with van der Waals surface area (Å²) in [6, 6.07) is 10.4. The fourth-order valence-electron chi connectivity index (χ4n) is 2.64. The van der Waals surface area contributed by atoms with Crippen LogP contribution in [0.3, 0.4) is 0 Å². The van der Waals surface area contributed by atoms with Crippen LogP contribution in [0.25, 0.3) is 10.2 Å². The van der Waals surface area contributed by atoms with Crippen LogP contribution in [0.15, 0.2) is 30.3 Å². The average molecular weight is 324 g/mol. The van der Waals surface area contributed by atoms with E-state index in [1.807, 2.05) is 20.8 Å². The summed E-state index contributed by atoms with van der Waals surface area (Å²) in [5, 5.41) is 3.62. The van der Waals surface area contributed by atoms with Gasteiger partial charge in [-0.3, -0.25) is 4.79 Å². The largest absolute Gasteiger partial charge is 0.302 e. The van der Waals surface area contributed by atoms with E-state index in [2.05, 4.69) is 47.6 Å². The number of fused-ring (bicyclic) bond motifs is 1. The number of amides is 1. The Balaban J connectivity index is 1.82. The highest BCUT2D eigenvalue weighted by molar-refractivity contribution is 7.22. The summed E-state index contributed by atoms with van der Waals surface area (Å²) in [6.45, 7) is 8.19. The van der Waals surface area contributed by atoms with E-state index in [0.29, 0.717) is 11.6 Å². The first kappa shape index (κ1) is 15.7. The molecule has 0 saturated carbocycles. The average Bonchev–Trinajstić information content (AvgIpc) is 2.92. The van der Waals surface area contributed by atoms with Gasteiger partial charge in [-0.1, -0.05) is 47.2 Å². The molecule has 0 unspecified atom stereocenters. The molecular formula is C19H20N2OS. The molecule has 118 valence electrons. The molecule has 1 amide bonds. The summed E-state index contributed by atoms with van der Waals surface area (Å²) in [6.07, 6.45) is 0.376. The third kappa shape index (κ3) is 3.27. The smallest absolute Gasteiger partial charge is 0.230 e. The zero-order valence-corrected chi connectivity index (χ0v) is 14.7. The number of nitrogens with zero attached hydrogens (tertiary/aromatic N) is 1. The Kier molecular flexibility index (Phi) is 4.18. The Morgan fingerprint density at radius 3 is 2.48 bits per heavy atom. The van der Waals surface area contributed by atoms with Crippen LogP contribution in [0.5, 0.6) is 0 Å². The van der Waals surface area contributed by atoms with Gasteiger partial charge in [0.05, 0.1) is 16.6 Å². The van der Waals surface area contributed by atoms with Crippen LogP contribution >= 0.6 is 11.3 Å². The van der Waals surface area contributed by atoms with Crippen LogP contribution in [0, 0.1) is 27.7 Å². The van der Waals surface area contributed by atoms with Gasteiger partial charge in [0.2, 0.25) is 5.91 Å². The molecule has 3 aromatic rings. The van der Waals surface area contributed by atoms with Gasteiger partial charge in [0.25, 0.3) is 0 Å². The highest BCUT2D eigenvalue weighted by Crippen LogP contribution is 2.30. The third-order valence-electron chi connectivity index (χ3n) is 4.04. The molecule has 1 N–H and O–H groups in total. The van der Waals surface area contributed by atoms with Crippen molar-refractivity contribution in [1.82, 2.24) is 4.98 Å². The van der Waals surface area contributed by atoms with Crippen molar-refractivity contribution in [3.63, 3.8) is 0 Å². The SMILES string of the molecule is Cc1ccc(C)c(CC(=O)Nc2nc3c(C)ccc(C)c3s2)c1. The molecule has 3 nitrogen and oxygen atoms in total. The van der Waals surface area contributed by atoms with Gasteiger partial charge in [0.15, 0.2) is 5.13 Å². The number of benzene rings is 2. The summed E-state index contributed by atoms with van der Waals surface area (Å²) in [5.74, 6) is -0.0203. The van der Waals surface area contributed by atoms with Gasteiger partial charge in [0.1, 0.15) is 0 Å². The summed E-state index contributed by atoms with van der Waals surface area (Å²) in [7, 11) is 0. The molecule has 0 spiro atoms. The molecular weight excluding hydrogens is 304 g/mol. The summed E-state index contributed by atoms with van der Waals surface area (Å²) >= 11 is 1.54. The van der Waals surface area contributed by atoms with Crippen LogP contribution in [0.4, 0.5) is 5.13 Å². The number of carbonyl (C=O) groups is 1. The van der Waals surface area contributed by atoms with Gasteiger partial charge in [-0.05, 0) is 49.9 Å². The molecule has 3 rings (SSSR count). The van der Waals surface area contributed by atoms with Crippen molar-refractivity contribution in [3.8, 4) is 0 Å². The molecule has 2 aromatic carbocycles. The lowest BCUT2D eigenvalue weighted by Gasteiger charge is -2.06. The Hall–Kier alpha value is -2.20. The van der Waals surface area contributed by atoms with E-state index in [9.17, 15) is 4.79 Å². The highest BCUT2D eigenvalue weighted by atomic mass is 32.1. The zero-order chi connectivity index (χ0) is 16.6. The molecule has 1 aromatic heterocycles. The second kappa shape index (κ2) is 6.13. The number of aromatic nitrogens is 1. The summed E-state index contributed by atoms with van der Waals surface area (Å²) in [5.41, 5.74) is 6.69. The van der Waals surface area contributed by atoms with E-state index in [4.69, 9.17) is 0 Å². The number of hydrogen-bond acceptors (Lipinski definition) is 3. The van der Waals surface area contributed by atoms with Crippen molar-refractivity contribution < 1.29 is 4.79 Å². The van der Waals surface area contributed by atoms with Gasteiger partial charge in [-0.25, -0.2) is 4.98 Å². The molecule has 0 saturated heterocycles. The minimum absolute atomic E-state index is 0.0203. The Bertz CT molecular complexity index is 857. The van der Waals surface area contributed by atoms with E-state index < -0.39 is 0 Å². The number of aryl methyl sites for hydroxylation is 4. The number of rotatable bonds is 3. The minimum atomic E-state index is -0.0203. The van der Waals surface area contributed by atoms with Crippen molar-refractivity contribution >= 4 is 32.6 Å². The normalized spacial score (nSPS) is 11.0. The number of hydrogen-bond donors (Lipinski definition) is 1. The van der Waals surface area contributed by atoms with Crippen LogP contribution < -0.4 is 5.32 Å². The van der Waals surface area contributed by atoms with Gasteiger partial charge < -0.3 is 5.32 Å². The molecule has 0 aliphatic heterocycles. The zero-order valence-electron chi connectivity index (χ0n) is 13.9. The van der Waals surface area contributed by atoms with Crippen LogP contribution in [0.1, 0.15) is 27.8 Å². The van der Waals surface area contributed by atoms with Gasteiger partial charge in [0, 0.05) is 0 Å². The first-order valence-corrected chi connectivity index (χ1v) is 8.48. The third-order valence-corrected chi connectivity index (χ3v) is 5.15. The fraction of sp³-hybridized carbons (Fsp3) is 0.263. The van der Waals surface area contributed by atoms with Crippen LogP contribution in [-0.2, 0) is 11.2 Å². The number of carbonyl (C=O) groups excluding carboxylic acids is 1. The lowest BCUT2D eigenvalue weighted by atomic mass is 10.0. The van der Waals surface area contributed by atoms with Crippen molar-refractivity contribution in [1.29, 1.82) is 0 Å². The monoisotopic (exact) mass is 324 g/mol. The molecule has 0 atom stereocenters. The van der Waals surface area contributed by atoms with Gasteiger partial charge in [-0.15, -0.1) is 0 Å². The predicted molar refractivity (Wildman–Crippen MR) is 97.3 cm³/mol. The van der Waals surface area contributed by atoms with Crippen LogP contribution in [-0.4, -0.2) is 10.9 Å². The number of nitrogens with one attached hydrogen (secondary N) is 1. The molecule has 4 heteroatoms. The number of thiazole rings is 1. The fourth-order valence-corrected chi connectivity index (χ4v) is 3.67. The second-order valence-electron chi connectivity index (χ2n) is 6.05. The standard InChI is InChI=1S/C19H20N2OS/c1-11-5-6-12(2)15(9-11)10-16(22)20-19-21-17-13(3)7-8-14(4)18(17)23-19/h5-9H,10H2,1-4H3,(H,20,21,22). The van der Waals surface area contributed by atoms with E-state index >= 15 is 0 Å². The van der Waals surface area contributed by atoms with Crippen molar-refractivity contribution in [3.05, 3.63) is 58.1 Å². The first-order valence-electron chi connectivity index (χ1n) is 7.67. The van der Waals surface area contributed by atoms with Crippen molar-refractivity contribution in [2.24, 2.45) is 0 Å². The number of anilines is 1. The highest BCUT2D eigenvalue weighted by Gasteiger charge is 2.12. The van der Waals surface area contributed by atoms with Gasteiger partial charge >= 0.3 is 0 Å². The van der Waals surface area contributed by atoms with Crippen molar-refractivity contribution in [2.75, 3.05) is 5.32 Å². The molecule has 0 radical (unpaired) electrons. The minimum Gasteiger partial charge on any atom is -0.302 e. The summed E-state index contributed by atoms with van der Waals surface area (Å²) < 4.78 is 1.15. The Morgan fingerprint density at radius 1 is 1.04 bits per heavy atom. The maximum Gasteiger partial charge on any atom is 0.230 e. The van der Waals surface area contributed by atoms with Crippen LogP contribution in [0.2, 0.25) is 0 Å².